The van der Waals surface area contributed by atoms with Crippen LogP contribution in [-0.4, -0.2) is 21.2 Å². The van der Waals surface area contributed by atoms with Crippen LogP contribution in [0.15, 0.2) is 71.6 Å². The number of hydrogen-bond acceptors (Lipinski definition) is 5. The number of carbonyl (C=O) groups is 1. The summed E-state index contributed by atoms with van der Waals surface area (Å²) in [6.07, 6.45) is 0.593. The molecule has 0 aliphatic rings. The molecule has 1 atom stereocenters. The Morgan fingerprint density at radius 3 is 2.38 bits per heavy atom. The zero-order chi connectivity index (χ0) is 24.7. The molecule has 3 rings (SSSR count). The number of nitrogens with one attached hydrogen (secondary N) is 3. The maximum Gasteiger partial charge on any atom is 0.271 e. The van der Waals surface area contributed by atoms with Gasteiger partial charge in [-0.15, -0.1) is 11.8 Å². The molecule has 0 aliphatic carbocycles. The minimum absolute atomic E-state index is 0.0596. The van der Waals surface area contributed by atoms with Gasteiger partial charge in [0.1, 0.15) is 0 Å². The van der Waals surface area contributed by atoms with Crippen molar-refractivity contribution in [2.45, 2.75) is 37.3 Å². The first-order valence-corrected chi connectivity index (χ1v) is 12.0. The fourth-order valence-electron chi connectivity index (χ4n) is 3.14. The van der Waals surface area contributed by atoms with E-state index in [1.165, 1.54) is 29.5 Å². The van der Waals surface area contributed by atoms with E-state index in [-0.39, 0.29) is 16.8 Å². The highest BCUT2D eigenvalue weighted by molar-refractivity contribution is 8.00. The van der Waals surface area contributed by atoms with E-state index in [0.717, 1.165) is 21.8 Å². The van der Waals surface area contributed by atoms with Crippen molar-refractivity contribution in [3.63, 3.8) is 0 Å². The van der Waals surface area contributed by atoms with E-state index in [1.807, 2.05) is 62.4 Å². The largest absolute Gasteiger partial charge is 0.332 e. The van der Waals surface area contributed by atoms with E-state index >= 15 is 0 Å². The average Bonchev–Trinajstić information content (AvgIpc) is 2.80. The van der Waals surface area contributed by atoms with Crippen LogP contribution in [0.4, 0.5) is 22.7 Å². The van der Waals surface area contributed by atoms with Gasteiger partial charge in [0.2, 0.25) is 5.91 Å². The number of nitrogens with zero attached hydrogens (tertiary/aromatic N) is 1. The Labute approximate surface area is 208 Å². The number of aryl methyl sites for hydroxylation is 2. The number of amides is 1. The zero-order valence-corrected chi connectivity index (χ0v) is 20.8. The molecule has 1 unspecified atom stereocenters. The summed E-state index contributed by atoms with van der Waals surface area (Å²) in [5.41, 5.74) is 4.02. The number of benzene rings is 3. The van der Waals surface area contributed by atoms with Crippen LogP contribution < -0.4 is 16.0 Å². The predicted molar refractivity (Wildman–Crippen MR) is 144 cm³/mol. The third-order valence-corrected chi connectivity index (χ3v) is 6.59. The highest BCUT2D eigenvalue weighted by Crippen LogP contribution is 2.30. The Kier molecular flexibility index (Phi) is 8.61. The van der Waals surface area contributed by atoms with Crippen LogP contribution in [0.1, 0.15) is 24.5 Å². The summed E-state index contributed by atoms with van der Waals surface area (Å²) in [4.78, 5) is 24.4. The maximum absolute atomic E-state index is 12.9. The Bertz CT molecular complexity index is 1200. The van der Waals surface area contributed by atoms with E-state index in [9.17, 15) is 14.9 Å². The second-order valence-corrected chi connectivity index (χ2v) is 9.42. The van der Waals surface area contributed by atoms with Crippen LogP contribution in [0.25, 0.3) is 0 Å². The van der Waals surface area contributed by atoms with E-state index in [4.69, 9.17) is 12.2 Å². The summed E-state index contributed by atoms with van der Waals surface area (Å²) in [5.74, 6) is -0.203. The van der Waals surface area contributed by atoms with E-state index < -0.39 is 4.92 Å². The first kappa shape index (κ1) is 25.2. The number of hydrogen-bond donors (Lipinski definition) is 3. The third kappa shape index (κ3) is 7.03. The number of thiocarbonyl (C=S) groups is 1. The molecule has 0 radical (unpaired) electrons. The first-order valence-electron chi connectivity index (χ1n) is 10.7. The molecule has 3 N–H and O–H groups in total. The van der Waals surface area contributed by atoms with E-state index in [1.54, 1.807) is 13.0 Å². The van der Waals surface area contributed by atoms with Gasteiger partial charge in [0.25, 0.3) is 5.69 Å². The average molecular weight is 495 g/mol. The number of carbonyl (C=O) groups excluding carboxylic acids is 1. The van der Waals surface area contributed by atoms with Crippen molar-refractivity contribution in [2.75, 3.05) is 16.0 Å². The molecule has 0 saturated heterocycles. The number of anilines is 3. The summed E-state index contributed by atoms with van der Waals surface area (Å²) in [6, 6.07) is 20.0. The van der Waals surface area contributed by atoms with Gasteiger partial charge in [-0.1, -0.05) is 36.8 Å². The molecule has 0 aromatic heterocycles. The predicted octanol–water partition coefficient (Wildman–Crippen LogP) is 6.53. The van der Waals surface area contributed by atoms with Gasteiger partial charge in [0, 0.05) is 28.4 Å². The summed E-state index contributed by atoms with van der Waals surface area (Å²) in [7, 11) is 0. The zero-order valence-electron chi connectivity index (χ0n) is 19.1. The fourth-order valence-corrected chi connectivity index (χ4v) is 4.38. The van der Waals surface area contributed by atoms with E-state index in [2.05, 4.69) is 16.0 Å². The molecule has 7 nitrogen and oxygen atoms in total. The third-order valence-electron chi connectivity index (χ3n) is 5.03. The second-order valence-electron chi connectivity index (χ2n) is 7.73. The lowest BCUT2D eigenvalue weighted by Gasteiger charge is -2.17. The molecular weight excluding hydrogens is 468 g/mol. The van der Waals surface area contributed by atoms with Crippen molar-refractivity contribution < 1.29 is 9.72 Å². The van der Waals surface area contributed by atoms with Crippen LogP contribution >= 0.6 is 24.0 Å². The van der Waals surface area contributed by atoms with Crippen molar-refractivity contribution in [1.82, 2.24) is 0 Å². The van der Waals surface area contributed by atoms with Crippen molar-refractivity contribution >= 4 is 57.7 Å². The van der Waals surface area contributed by atoms with Gasteiger partial charge in [-0.3, -0.25) is 14.9 Å². The molecule has 0 fully saturated rings. The lowest BCUT2D eigenvalue weighted by Crippen LogP contribution is -2.25. The lowest BCUT2D eigenvalue weighted by atomic mass is 10.1. The molecule has 0 aliphatic heterocycles. The van der Waals surface area contributed by atoms with Gasteiger partial charge in [-0.05, 0) is 68.4 Å². The molecule has 0 spiro atoms. The van der Waals surface area contributed by atoms with Crippen LogP contribution in [-0.2, 0) is 4.79 Å². The number of thioether (sulfide) groups is 1. The first-order chi connectivity index (χ1) is 16.2. The van der Waals surface area contributed by atoms with Crippen LogP contribution in [0.5, 0.6) is 0 Å². The molecule has 1 amide bonds. The van der Waals surface area contributed by atoms with Crippen molar-refractivity contribution in [3.8, 4) is 0 Å². The Morgan fingerprint density at radius 1 is 1.00 bits per heavy atom. The van der Waals surface area contributed by atoms with Gasteiger partial charge < -0.3 is 16.0 Å². The minimum atomic E-state index is -0.474. The van der Waals surface area contributed by atoms with Crippen molar-refractivity contribution in [2.24, 2.45) is 0 Å². The van der Waals surface area contributed by atoms with Crippen LogP contribution in [0, 0.1) is 24.0 Å². The summed E-state index contributed by atoms with van der Waals surface area (Å²) < 4.78 is 0. The molecule has 9 heteroatoms. The van der Waals surface area contributed by atoms with Gasteiger partial charge in [0.05, 0.1) is 15.9 Å². The highest BCUT2D eigenvalue weighted by Gasteiger charge is 2.20. The fraction of sp³-hybridized carbons (Fsp3) is 0.200. The van der Waals surface area contributed by atoms with Crippen molar-refractivity contribution in [3.05, 3.63) is 88.0 Å². The van der Waals surface area contributed by atoms with Crippen LogP contribution in [0.3, 0.4) is 0 Å². The normalized spacial score (nSPS) is 11.4. The highest BCUT2D eigenvalue weighted by atomic mass is 32.2. The topological polar surface area (TPSA) is 96.3 Å². The molecule has 34 heavy (non-hydrogen) atoms. The number of nitro groups is 1. The minimum Gasteiger partial charge on any atom is -0.332 e. The summed E-state index contributed by atoms with van der Waals surface area (Å²) in [6.45, 7) is 5.76. The number of rotatable bonds is 8. The SMILES string of the molecule is CCC(Sc1cccc(NC(=S)Nc2ccc(C)cc2)c1)C(=O)Nc1cc([N+](=O)[O-])ccc1C. The molecular formula is C25H26N4O3S2. The molecule has 0 bridgehead atoms. The number of nitro benzene ring substituents is 1. The van der Waals surface area contributed by atoms with Crippen LogP contribution in [0.2, 0.25) is 0 Å². The molecule has 0 heterocycles. The lowest BCUT2D eigenvalue weighted by molar-refractivity contribution is -0.384. The quantitative estimate of drug-likeness (QED) is 0.142. The molecule has 3 aromatic rings. The second kappa shape index (κ2) is 11.6. The van der Waals surface area contributed by atoms with Gasteiger partial charge in [-0.2, -0.15) is 0 Å². The molecule has 0 saturated carbocycles. The standard InChI is InChI=1S/C25H26N4O3S2/c1-4-23(24(30)28-22-15-20(29(31)32)13-10-17(22)3)34-21-7-5-6-19(14-21)27-25(33)26-18-11-8-16(2)9-12-18/h5-15,23H,4H2,1-3H3,(H,28,30)(H2,26,27,33). The Morgan fingerprint density at radius 2 is 1.71 bits per heavy atom. The Balaban J connectivity index is 1.64. The van der Waals surface area contributed by atoms with Crippen molar-refractivity contribution in [1.29, 1.82) is 0 Å². The maximum atomic E-state index is 12.9. The van der Waals surface area contributed by atoms with Gasteiger partial charge in [0.15, 0.2) is 5.11 Å². The molecule has 3 aromatic carbocycles. The summed E-state index contributed by atoms with van der Waals surface area (Å²) in [5, 5.41) is 20.3. The monoisotopic (exact) mass is 494 g/mol. The van der Waals surface area contributed by atoms with Gasteiger partial charge in [-0.25, -0.2) is 0 Å². The Hall–Kier alpha value is -3.43. The smallest absolute Gasteiger partial charge is 0.271 e. The molecule has 176 valence electrons. The number of non-ortho nitro benzene ring substituents is 1. The summed E-state index contributed by atoms with van der Waals surface area (Å²) >= 11 is 6.85. The van der Waals surface area contributed by atoms with Gasteiger partial charge >= 0.3 is 0 Å². The van der Waals surface area contributed by atoms with E-state index in [0.29, 0.717) is 17.2 Å².